The number of carbonyl (C=O) groups is 1. The quantitative estimate of drug-likeness (QED) is 0.843. The summed E-state index contributed by atoms with van der Waals surface area (Å²) in [5.74, 6) is -0.770. The SMILES string of the molecule is COC(=O)c1cccc(Nc2ccccc2F)c1. The second kappa shape index (κ2) is 5.31. The lowest BCUT2D eigenvalue weighted by atomic mass is 10.2. The van der Waals surface area contributed by atoms with E-state index in [1.165, 1.54) is 13.2 Å². The number of carbonyl (C=O) groups excluding carboxylic acids is 1. The van der Waals surface area contributed by atoms with Gasteiger partial charge in [-0.25, -0.2) is 9.18 Å². The molecule has 0 saturated carbocycles. The van der Waals surface area contributed by atoms with Crippen LogP contribution in [0.1, 0.15) is 10.4 Å². The highest BCUT2D eigenvalue weighted by Gasteiger charge is 2.06. The van der Waals surface area contributed by atoms with Crippen LogP contribution in [0.2, 0.25) is 0 Å². The fraction of sp³-hybridized carbons (Fsp3) is 0.0714. The number of para-hydroxylation sites is 1. The van der Waals surface area contributed by atoms with Gasteiger partial charge in [-0.1, -0.05) is 18.2 Å². The van der Waals surface area contributed by atoms with E-state index in [1.54, 1.807) is 42.5 Å². The van der Waals surface area contributed by atoms with Crippen molar-refractivity contribution in [1.82, 2.24) is 0 Å². The molecule has 0 unspecified atom stereocenters. The zero-order valence-electron chi connectivity index (χ0n) is 9.81. The average molecular weight is 245 g/mol. The van der Waals surface area contributed by atoms with E-state index < -0.39 is 5.97 Å². The molecule has 3 nitrogen and oxygen atoms in total. The monoisotopic (exact) mass is 245 g/mol. The fourth-order valence-electron chi connectivity index (χ4n) is 1.56. The van der Waals surface area contributed by atoms with Gasteiger partial charge in [-0.05, 0) is 30.3 Å². The standard InChI is InChI=1S/C14H12FNO2/c1-18-14(17)10-5-4-6-11(9-10)16-13-8-3-2-7-12(13)15/h2-9,16H,1H3. The van der Waals surface area contributed by atoms with E-state index in [2.05, 4.69) is 10.1 Å². The molecule has 92 valence electrons. The Balaban J connectivity index is 2.25. The Labute approximate surface area is 104 Å². The summed E-state index contributed by atoms with van der Waals surface area (Å²) >= 11 is 0. The minimum Gasteiger partial charge on any atom is -0.465 e. The van der Waals surface area contributed by atoms with Crippen LogP contribution in [0.25, 0.3) is 0 Å². The Morgan fingerprint density at radius 3 is 2.67 bits per heavy atom. The lowest BCUT2D eigenvalue weighted by molar-refractivity contribution is 0.0601. The molecule has 0 fully saturated rings. The summed E-state index contributed by atoms with van der Waals surface area (Å²) in [6.07, 6.45) is 0. The van der Waals surface area contributed by atoms with Gasteiger partial charge < -0.3 is 10.1 Å². The second-order valence-electron chi connectivity index (χ2n) is 3.68. The van der Waals surface area contributed by atoms with Gasteiger partial charge in [0.1, 0.15) is 5.82 Å². The maximum Gasteiger partial charge on any atom is 0.337 e. The summed E-state index contributed by atoms with van der Waals surface area (Å²) in [5.41, 5.74) is 1.40. The number of rotatable bonds is 3. The van der Waals surface area contributed by atoms with Crippen molar-refractivity contribution in [1.29, 1.82) is 0 Å². The molecule has 0 radical (unpaired) electrons. The van der Waals surface area contributed by atoms with Gasteiger partial charge >= 0.3 is 5.97 Å². The van der Waals surface area contributed by atoms with E-state index in [-0.39, 0.29) is 5.82 Å². The van der Waals surface area contributed by atoms with Gasteiger partial charge in [0.15, 0.2) is 0 Å². The zero-order chi connectivity index (χ0) is 13.0. The molecule has 2 rings (SSSR count). The molecular weight excluding hydrogens is 233 g/mol. The van der Waals surface area contributed by atoms with Crippen LogP contribution < -0.4 is 5.32 Å². The summed E-state index contributed by atoms with van der Waals surface area (Å²) in [6.45, 7) is 0. The molecular formula is C14H12FNO2. The number of hydrogen-bond donors (Lipinski definition) is 1. The summed E-state index contributed by atoms with van der Waals surface area (Å²) in [6, 6.07) is 13.0. The third kappa shape index (κ3) is 2.66. The van der Waals surface area contributed by atoms with Gasteiger partial charge in [-0.15, -0.1) is 0 Å². The maximum atomic E-state index is 13.4. The maximum absolute atomic E-state index is 13.4. The van der Waals surface area contributed by atoms with Crippen molar-refractivity contribution in [2.45, 2.75) is 0 Å². The molecule has 0 bridgehead atoms. The highest BCUT2D eigenvalue weighted by molar-refractivity contribution is 5.90. The van der Waals surface area contributed by atoms with Crippen molar-refractivity contribution >= 4 is 17.3 Å². The van der Waals surface area contributed by atoms with Crippen LogP contribution in [0, 0.1) is 5.82 Å². The van der Waals surface area contributed by atoms with Gasteiger partial charge in [0.25, 0.3) is 0 Å². The van der Waals surface area contributed by atoms with Crippen LogP contribution >= 0.6 is 0 Å². The van der Waals surface area contributed by atoms with Gasteiger partial charge in [0, 0.05) is 5.69 Å². The molecule has 0 saturated heterocycles. The second-order valence-corrected chi connectivity index (χ2v) is 3.68. The van der Waals surface area contributed by atoms with E-state index in [0.29, 0.717) is 16.9 Å². The first-order valence-corrected chi connectivity index (χ1v) is 5.40. The Kier molecular flexibility index (Phi) is 3.57. The first-order valence-electron chi connectivity index (χ1n) is 5.40. The van der Waals surface area contributed by atoms with E-state index in [4.69, 9.17) is 0 Å². The largest absolute Gasteiger partial charge is 0.465 e. The van der Waals surface area contributed by atoms with Crippen molar-refractivity contribution < 1.29 is 13.9 Å². The minimum atomic E-state index is -0.424. The number of ether oxygens (including phenoxy) is 1. The van der Waals surface area contributed by atoms with E-state index in [1.807, 2.05) is 0 Å². The van der Waals surface area contributed by atoms with Gasteiger partial charge in [-0.3, -0.25) is 0 Å². The zero-order valence-corrected chi connectivity index (χ0v) is 9.81. The third-order valence-electron chi connectivity index (χ3n) is 2.44. The fourth-order valence-corrected chi connectivity index (χ4v) is 1.56. The molecule has 0 amide bonds. The normalized spacial score (nSPS) is 9.89. The van der Waals surface area contributed by atoms with Crippen molar-refractivity contribution in [2.75, 3.05) is 12.4 Å². The van der Waals surface area contributed by atoms with Crippen LogP contribution in [0.5, 0.6) is 0 Å². The van der Waals surface area contributed by atoms with Gasteiger partial charge in [-0.2, -0.15) is 0 Å². The number of nitrogens with one attached hydrogen (secondary N) is 1. The Hall–Kier alpha value is -2.36. The lowest BCUT2D eigenvalue weighted by Crippen LogP contribution is -2.02. The molecule has 2 aromatic rings. The number of anilines is 2. The molecule has 4 heteroatoms. The molecule has 0 aliphatic rings. The molecule has 0 heterocycles. The van der Waals surface area contributed by atoms with Crippen LogP contribution in [-0.2, 0) is 4.74 Å². The molecule has 2 aromatic carbocycles. The van der Waals surface area contributed by atoms with Crippen LogP contribution in [-0.4, -0.2) is 13.1 Å². The molecule has 1 N–H and O–H groups in total. The lowest BCUT2D eigenvalue weighted by Gasteiger charge is -2.08. The van der Waals surface area contributed by atoms with Crippen LogP contribution in [0.15, 0.2) is 48.5 Å². The summed E-state index contributed by atoms with van der Waals surface area (Å²) < 4.78 is 18.1. The van der Waals surface area contributed by atoms with E-state index in [0.717, 1.165) is 0 Å². The Bertz CT molecular complexity index is 569. The molecule has 0 spiro atoms. The van der Waals surface area contributed by atoms with Crippen molar-refractivity contribution in [3.05, 3.63) is 59.9 Å². The number of methoxy groups -OCH3 is 1. The molecule has 0 aromatic heterocycles. The molecule has 0 aliphatic carbocycles. The topological polar surface area (TPSA) is 38.3 Å². The smallest absolute Gasteiger partial charge is 0.337 e. The third-order valence-corrected chi connectivity index (χ3v) is 2.44. The van der Waals surface area contributed by atoms with Crippen LogP contribution in [0.3, 0.4) is 0 Å². The van der Waals surface area contributed by atoms with Crippen LogP contribution in [0.4, 0.5) is 15.8 Å². The summed E-state index contributed by atoms with van der Waals surface area (Å²) in [7, 11) is 1.32. The Morgan fingerprint density at radius 1 is 1.17 bits per heavy atom. The molecule has 18 heavy (non-hydrogen) atoms. The molecule has 0 atom stereocenters. The first-order chi connectivity index (χ1) is 8.70. The van der Waals surface area contributed by atoms with E-state index in [9.17, 15) is 9.18 Å². The summed E-state index contributed by atoms with van der Waals surface area (Å²) in [4.78, 5) is 11.4. The van der Waals surface area contributed by atoms with Gasteiger partial charge in [0.2, 0.25) is 0 Å². The van der Waals surface area contributed by atoms with Crippen molar-refractivity contribution in [2.24, 2.45) is 0 Å². The van der Waals surface area contributed by atoms with E-state index >= 15 is 0 Å². The highest BCUT2D eigenvalue weighted by atomic mass is 19.1. The summed E-state index contributed by atoms with van der Waals surface area (Å²) in [5, 5.41) is 2.91. The predicted octanol–water partition coefficient (Wildman–Crippen LogP) is 3.36. The number of hydrogen-bond acceptors (Lipinski definition) is 3. The Morgan fingerprint density at radius 2 is 1.94 bits per heavy atom. The van der Waals surface area contributed by atoms with Crippen molar-refractivity contribution in [3.8, 4) is 0 Å². The average Bonchev–Trinajstić information content (AvgIpc) is 2.41. The predicted molar refractivity (Wildman–Crippen MR) is 67.5 cm³/mol. The highest BCUT2D eigenvalue weighted by Crippen LogP contribution is 2.20. The first kappa shape index (κ1) is 12.1. The number of esters is 1. The minimum absolute atomic E-state index is 0.346. The number of halogens is 1. The van der Waals surface area contributed by atoms with Crippen molar-refractivity contribution in [3.63, 3.8) is 0 Å². The molecule has 0 aliphatic heterocycles. The number of benzene rings is 2. The van der Waals surface area contributed by atoms with Gasteiger partial charge in [0.05, 0.1) is 18.4 Å².